The quantitative estimate of drug-likeness (QED) is 0.403. The number of aryl methyl sites for hydroxylation is 2. The number of hydrogen-bond donors (Lipinski definition) is 2. The summed E-state index contributed by atoms with van der Waals surface area (Å²) in [5.41, 5.74) is -0.311. The van der Waals surface area contributed by atoms with Gasteiger partial charge in [0.25, 0.3) is 0 Å². The van der Waals surface area contributed by atoms with Crippen LogP contribution in [0.25, 0.3) is 0 Å². The first-order chi connectivity index (χ1) is 17.2. The molecule has 10 heteroatoms. The van der Waals surface area contributed by atoms with Crippen LogP contribution in [-0.4, -0.2) is 10.2 Å². The maximum atomic E-state index is 11.6. The van der Waals surface area contributed by atoms with Gasteiger partial charge < -0.3 is 29.3 Å². The second-order valence-electron chi connectivity index (χ2n) is 7.46. The maximum absolute atomic E-state index is 11.6. The van der Waals surface area contributed by atoms with E-state index in [1.165, 1.54) is 0 Å². The monoisotopic (exact) mass is 529 g/mol. The van der Waals surface area contributed by atoms with Gasteiger partial charge in [0, 0.05) is 12.1 Å². The molecule has 0 aliphatic heterocycles. The standard InChI is InChI=1S/2C13H12O4.O.V/c2*1-8-7-10(14)12(16)13(17-8)11(15)9-5-3-2-4-6-9;;/h2*2-7,11,15-16H,1H3;;/q;;;+2/p-2. The molecule has 2 atom stereocenters. The van der Waals surface area contributed by atoms with Crippen molar-refractivity contribution in [3.63, 3.8) is 0 Å². The van der Waals surface area contributed by atoms with E-state index in [2.05, 4.69) is 0 Å². The van der Waals surface area contributed by atoms with Crippen LogP contribution >= 0.6 is 0 Å². The topological polar surface area (TPSA) is 164 Å². The molecule has 0 amide bonds. The predicted molar refractivity (Wildman–Crippen MR) is 120 cm³/mol. The fraction of sp³-hybridized carbons (Fsp3) is 0.154. The van der Waals surface area contributed by atoms with Crippen molar-refractivity contribution >= 4 is 0 Å². The van der Waals surface area contributed by atoms with Crippen molar-refractivity contribution in [2.75, 3.05) is 0 Å². The van der Waals surface area contributed by atoms with E-state index in [4.69, 9.17) is 12.5 Å². The zero-order chi connectivity index (χ0) is 26.8. The summed E-state index contributed by atoms with van der Waals surface area (Å²) in [6.45, 7) is 3.12. The zero-order valence-electron chi connectivity index (χ0n) is 19.3. The molecule has 185 valence electrons. The van der Waals surface area contributed by atoms with E-state index in [9.17, 15) is 30.0 Å². The molecule has 2 N–H and O–H groups in total. The Morgan fingerprint density at radius 2 is 0.972 bits per heavy atom. The van der Waals surface area contributed by atoms with E-state index in [0.717, 1.165) is 29.5 Å². The van der Waals surface area contributed by atoms with Gasteiger partial charge >= 0.3 is 21.0 Å². The molecule has 4 aromatic rings. The SMILES string of the molecule is Cc1cc(=O)c([O-])c(C(O)c2ccccc2)o1.Cc1cc(=O)c([O-])c(C(O)c2ccccc2)o1.[O]=[V+2]. The van der Waals surface area contributed by atoms with Gasteiger partial charge in [0.15, 0.2) is 10.9 Å². The Balaban J connectivity index is 0.000000237. The first-order valence-corrected chi connectivity index (χ1v) is 11.0. The summed E-state index contributed by atoms with van der Waals surface area (Å²) in [5, 5.41) is 43.1. The minimum absolute atomic E-state index is 0.235. The molecule has 0 aliphatic carbocycles. The normalized spacial score (nSPS) is 11.8. The fourth-order valence-electron chi connectivity index (χ4n) is 3.18. The molecular weight excluding hydrogens is 507 g/mol. The van der Waals surface area contributed by atoms with Crippen molar-refractivity contribution in [2.45, 2.75) is 26.1 Å². The van der Waals surface area contributed by atoms with Gasteiger partial charge in [-0.2, -0.15) is 0 Å². The molecule has 36 heavy (non-hydrogen) atoms. The van der Waals surface area contributed by atoms with Gasteiger partial charge in [-0.15, -0.1) is 0 Å². The van der Waals surface area contributed by atoms with Crippen molar-refractivity contribution in [1.82, 2.24) is 0 Å². The molecule has 0 aliphatic rings. The van der Waals surface area contributed by atoms with Crippen molar-refractivity contribution in [1.29, 1.82) is 0 Å². The van der Waals surface area contributed by atoms with Gasteiger partial charge in [-0.05, 0) is 36.5 Å². The third kappa shape index (κ3) is 7.13. The van der Waals surface area contributed by atoms with Crippen molar-refractivity contribution in [3.8, 4) is 11.5 Å². The van der Waals surface area contributed by atoms with E-state index in [1.54, 1.807) is 74.5 Å². The zero-order valence-corrected chi connectivity index (χ0v) is 20.7. The average Bonchev–Trinajstić information content (AvgIpc) is 2.90. The Hall–Kier alpha value is -3.76. The Bertz CT molecular complexity index is 1280. The second kappa shape index (κ2) is 13.4. The Morgan fingerprint density at radius 3 is 1.28 bits per heavy atom. The molecule has 2 heterocycles. The number of hydrogen-bond acceptors (Lipinski definition) is 9. The summed E-state index contributed by atoms with van der Waals surface area (Å²) in [7, 11) is 0. The molecule has 4 rings (SSSR count). The first-order valence-electron chi connectivity index (χ1n) is 10.5. The molecule has 0 saturated heterocycles. The number of aliphatic hydroxyl groups is 2. The van der Waals surface area contributed by atoms with Crippen LogP contribution in [0.1, 0.15) is 46.4 Å². The molecular formula is C26H22O9V. The van der Waals surface area contributed by atoms with Crippen molar-refractivity contribution in [2.24, 2.45) is 0 Å². The van der Waals surface area contributed by atoms with Gasteiger partial charge in [0.2, 0.25) is 0 Å². The summed E-state index contributed by atoms with van der Waals surface area (Å²) in [6, 6.07) is 19.4. The van der Waals surface area contributed by atoms with Gasteiger partial charge in [-0.1, -0.05) is 60.7 Å². The molecule has 0 saturated carbocycles. The van der Waals surface area contributed by atoms with Gasteiger partial charge in [0.05, 0.1) is 0 Å². The van der Waals surface area contributed by atoms with Crippen LogP contribution in [0.5, 0.6) is 11.5 Å². The van der Waals surface area contributed by atoms with Gasteiger partial charge in [-0.3, -0.25) is 9.59 Å². The van der Waals surface area contributed by atoms with Crippen LogP contribution < -0.4 is 21.1 Å². The summed E-state index contributed by atoms with van der Waals surface area (Å²) < 4.78 is 18.5. The van der Waals surface area contributed by atoms with E-state index < -0.39 is 34.6 Å². The molecule has 2 aromatic heterocycles. The summed E-state index contributed by atoms with van der Waals surface area (Å²) in [5.74, 6) is -1.46. The summed E-state index contributed by atoms with van der Waals surface area (Å²) in [6.07, 6.45) is -2.42. The van der Waals surface area contributed by atoms with Crippen LogP contribution in [0.4, 0.5) is 0 Å². The van der Waals surface area contributed by atoms with E-state index >= 15 is 0 Å². The van der Waals surface area contributed by atoms with E-state index in [1.807, 2.05) is 0 Å². The third-order valence-corrected chi connectivity index (χ3v) is 4.83. The molecule has 0 fully saturated rings. The number of aliphatic hydroxyl groups excluding tert-OH is 2. The first kappa shape index (κ1) is 28.5. The van der Waals surface area contributed by atoms with E-state index in [-0.39, 0.29) is 11.5 Å². The second-order valence-corrected chi connectivity index (χ2v) is 7.46. The Labute approximate surface area is 215 Å². The third-order valence-electron chi connectivity index (χ3n) is 4.83. The van der Waals surface area contributed by atoms with Crippen LogP contribution in [0, 0.1) is 13.8 Å². The van der Waals surface area contributed by atoms with Crippen LogP contribution in [-0.2, 0) is 21.0 Å². The van der Waals surface area contributed by atoms with Crippen LogP contribution in [0.3, 0.4) is 0 Å². The van der Waals surface area contributed by atoms with E-state index in [0.29, 0.717) is 22.6 Å². The number of benzene rings is 2. The molecule has 0 radical (unpaired) electrons. The Kier molecular flexibility index (Phi) is 10.6. The predicted octanol–water partition coefficient (Wildman–Crippen LogP) is 2.09. The molecule has 2 aromatic carbocycles. The fourth-order valence-corrected chi connectivity index (χ4v) is 3.18. The minimum atomic E-state index is -1.21. The number of rotatable bonds is 4. The van der Waals surface area contributed by atoms with Crippen molar-refractivity contribution < 1.29 is 50.3 Å². The summed E-state index contributed by atoms with van der Waals surface area (Å²) in [4.78, 5) is 22.6. The molecule has 0 spiro atoms. The van der Waals surface area contributed by atoms with Crippen LogP contribution in [0.2, 0.25) is 0 Å². The molecule has 0 bridgehead atoms. The summed E-state index contributed by atoms with van der Waals surface area (Å²) >= 11 is 1.06. The van der Waals surface area contributed by atoms with Gasteiger partial charge in [-0.25, -0.2) is 0 Å². The average molecular weight is 529 g/mol. The Morgan fingerprint density at radius 1 is 0.667 bits per heavy atom. The molecule has 2 unspecified atom stereocenters. The van der Waals surface area contributed by atoms with Gasteiger partial charge in [0.1, 0.15) is 35.2 Å². The van der Waals surface area contributed by atoms with Crippen molar-refractivity contribution in [3.05, 3.63) is 127 Å². The van der Waals surface area contributed by atoms with Crippen LogP contribution in [0.15, 0.2) is 91.2 Å². The molecule has 9 nitrogen and oxygen atoms in total.